The summed E-state index contributed by atoms with van der Waals surface area (Å²) in [5.41, 5.74) is 6.08. The second-order valence-corrected chi connectivity index (χ2v) is 9.80. The van der Waals surface area contributed by atoms with Gasteiger partial charge in [0, 0.05) is 63.1 Å². The highest BCUT2D eigenvalue weighted by atomic mass is 32.2. The van der Waals surface area contributed by atoms with Gasteiger partial charge in [0.15, 0.2) is 5.16 Å². The van der Waals surface area contributed by atoms with Gasteiger partial charge in [-0.25, -0.2) is 9.97 Å². The van der Waals surface area contributed by atoms with E-state index < -0.39 is 0 Å². The van der Waals surface area contributed by atoms with Gasteiger partial charge in [-0.2, -0.15) is 0 Å². The monoisotopic (exact) mass is 459 g/mol. The quantitative estimate of drug-likeness (QED) is 0.331. The molecule has 1 atom stereocenters. The van der Waals surface area contributed by atoms with Crippen LogP contribution in [0, 0.1) is 6.92 Å². The van der Waals surface area contributed by atoms with Crippen LogP contribution in [-0.4, -0.2) is 53.6 Å². The van der Waals surface area contributed by atoms with E-state index in [1.807, 2.05) is 18.5 Å². The Balaban J connectivity index is 1.35. The molecule has 0 radical (unpaired) electrons. The van der Waals surface area contributed by atoms with E-state index in [2.05, 4.69) is 83.3 Å². The summed E-state index contributed by atoms with van der Waals surface area (Å²) in [5.74, 6) is 1.31. The summed E-state index contributed by atoms with van der Waals surface area (Å²) in [5, 5.41) is 0.859. The molecule has 6 heteroatoms. The molecule has 0 bridgehead atoms. The molecule has 172 valence electrons. The van der Waals surface area contributed by atoms with Crippen molar-refractivity contribution in [3.05, 3.63) is 83.4 Å². The first-order valence-corrected chi connectivity index (χ1v) is 12.6. The van der Waals surface area contributed by atoms with Gasteiger partial charge in [0.25, 0.3) is 0 Å². The summed E-state index contributed by atoms with van der Waals surface area (Å²) >= 11 is 1.69. The molecule has 0 aliphatic carbocycles. The molecule has 0 N–H and O–H groups in total. The van der Waals surface area contributed by atoms with Crippen LogP contribution in [0.1, 0.15) is 41.1 Å². The van der Waals surface area contributed by atoms with Crippen molar-refractivity contribution < 1.29 is 0 Å². The third-order valence-corrected chi connectivity index (χ3v) is 6.99. The molecule has 4 rings (SSSR count). The highest BCUT2D eigenvalue weighted by Crippen LogP contribution is 2.29. The molecule has 1 aromatic carbocycles. The molecular weight excluding hydrogens is 426 g/mol. The minimum absolute atomic E-state index is 0.465. The zero-order valence-corrected chi connectivity index (χ0v) is 20.6. The smallest absolute Gasteiger partial charge is 0.188 e. The molecule has 33 heavy (non-hydrogen) atoms. The normalized spacial score (nSPS) is 16.9. The molecule has 1 unspecified atom stereocenters. The molecule has 5 nitrogen and oxygen atoms in total. The number of likely N-dealkylation sites (tertiary alicyclic amines) is 1. The standard InChI is InChI=1S/C27H33N5S/c1-21-17-29-27(33-20-23-7-4-14-28-18-23)30-26(21)24-9-6-16-32(19-24)15-5-8-22-10-12-25(13-11-22)31(2)3/h4-5,7-8,10-14,17-18,24H,6,9,15-16,19-20H2,1-3H3/b8-5+. The fourth-order valence-electron chi connectivity index (χ4n) is 4.22. The average molecular weight is 460 g/mol. The summed E-state index contributed by atoms with van der Waals surface area (Å²) in [6, 6.07) is 12.8. The first-order valence-electron chi connectivity index (χ1n) is 11.6. The Morgan fingerprint density at radius 2 is 2.00 bits per heavy atom. The molecule has 0 saturated carbocycles. The third-order valence-electron chi connectivity index (χ3n) is 6.06. The van der Waals surface area contributed by atoms with Crippen LogP contribution >= 0.6 is 11.8 Å². The predicted octanol–water partition coefficient (Wildman–Crippen LogP) is 5.43. The van der Waals surface area contributed by atoms with Crippen LogP contribution in [0.5, 0.6) is 0 Å². The molecule has 3 aromatic rings. The lowest BCUT2D eigenvalue weighted by molar-refractivity contribution is 0.225. The van der Waals surface area contributed by atoms with Crippen LogP contribution < -0.4 is 4.90 Å². The molecule has 3 heterocycles. The van der Waals surface area contributed by atoms with Gasteiger partial charge in [-0.05, 0) is 61.2 Å². The maximum absolute atomic E-state index is 4.98. The lowest BCUT2D eigenvalue weighted by atomic mass is 9.92. The van der Waals surface area contributed by atoms with Crippen molar-refractivity contribution >= 4 is 23.5 Å². The van der Waals surface area contributed by atoms with Gasteiger partial charge in [-0.3, -0.25) is 9.88 Å². The number of aryl methyl sites for hydroxylation is 1. The molecule has 0 spiro atoms. The van der Waals surface area contributed by atoms with E-state index in [1.165, 1.54) is 40.9 Å². The van der Waals surface area contributed by atoms with Crippen molar-refractivity contribution in [3.8, 4) is 0 Å². The molecular formula is C27H33N5S. The van der Waals surface area contributed by atoms with E-state index in [-0.39, 0.29) is 0 Å². The minimum atomic E-state index is 0.465. The first kappa shape index (κ1) is 23.5. The van der Waals surface area contributed by atoms with E-state index in [0.717, 1.165) is 30.5 Å². The third kappa shape index (κ3) is 6.65. The molecule has 1 aliphatic rings. The number of piperidine rings is 1. The number of thioether (sulfide) groups is 1. The van der Waals surface area contributed by atoms with E-state index in [1.54, 1.807) is 18.0 Å². The number of rotatable bonds is 8. The van der Waals surface area contributed by atoms with E-state index in [9.17, 15) is 0 Å². The van der Waals surface area contributed by atoms with Crippen LogP contribution in [0.4, 0.5) is 5.69 Å². The molecule has 0 amide bonds. The fraction of sp³-hybridized carbons (Fsp3) is 0.370. The summed E-state index contributed by atoms with van der Waals surface area (Å²) in [7, 11) is 4.14. The molecule has 1 aliphatic heterocycles. The Morgan fingerprint density at radius 3 is 2.76 bits per heavy atom. The second kappa shape index (κ2) is 11.4. The highest BCUT2D eigenvalue weighted by Gasteiger charge is 2.23. The minimum Gasteiger partial charge on any atom is -0.378 e. The maximum atomic E-state index is 4.98. The first-order chi connectivity index (χ1) is 16.1. The molecule has 2 aromatic heterocycles. The van der Waals surface area contributed by atoms with Gasteiger partial charge in [-0.1, -0.05) is 42.1 Å². The van der Waals surface area contributed by atoms with Gasteiger partial charge in [-0.15, -0.1) is 0 Å². The highest BCUT2D eigenvalue weighted by molar-refractivity contribution is 7.98. The summed E-state index contributed by atoms with van der Waals surface area (Å²) in [4.78, 5) is 18.4. The van der Waals surface area contributed by atoms with Crippen LogP contribution in [-0.2, 0) is 5.75 Å². The van der Waals surface area contributed by atoms with Crippen molar-refractivity contribution in [2.45, 2.75) is 36.6 Å². The van der Waals surface area contributed by atoms with Gasteiger partial charge >= 0.3 is 0 Å². The maximum Gasteiger partial charge on any atom is 0.188 e. The Kier molecular flexibility index (Phi) is 8.13. The SMILES string of the molecule is Cc1cnc(SCc2cccnc2)nc1C1CCCN(C/C=C/c2ccc(N(C)C)cc2)C1. The molecule has 1 saturated heterocycles. The second-order valence-electron chi connectivity index (χ2n) is 8.86. The fourth-order valence-corrected chi connectivity index (χ4v) is 4.98. The number of nitrogens with zero attached hydrogens (tertiary/aromatic N) is 5. The van der Waals surface area contributed by atoms with Crippen LogP contribution in [0.25, 0.3) is 6.08 Å². The number of aromatic nitrogens is 3. The Morgan fingerprint density at radius 1 is 1.15 bits per heavy atom. The van der Waals surface area contributed by atoms with Crippen molar-refractivity contribution in [1.29, 1.82) is 0 Å². The van der Waals surface area contributed by atoms with Gasteiger partial charge in [0.2, 0.25) is 0 Å². The lowest BCUT2D eigenvalue weighted by Crippen LogP contribution is -2.35. The topological polar surface area (TPSA) is 45.2 Å². The lowest BCUT2D eigenvalue weighted by Gasteiger charge is -2.32. The Labute approximate surface area is 202 Å². The predicted molar refractivity (Wildman–Crippen MR) is 139 cm³/mol. The zero-order valence-electron chi connectivity index (χ0n) is 19.8. The number of hydrogen-bond donors (Lipinski definition) is 0. The largest absolute Gasteiger partial charge is 0.378 e. The zero-order chi connectivity index (χ0) is 23.0. The number of benzene rings is 1. The Hall–Kier alpha value is -2.70. The average Bonchev–Trinajstić information content (AvgIpc) is 2.85. The summed E-state index contributed by atoms with van der Waals surface area (Å²) < 4.78 is 0. The number of pyridine rings is 1. The van der Waals surface area contributed by atoms with Crippen LogP contribution in [0.2, 0.25) is 0 Å². The summed E-state index contributed by atoms with van der Waals surface area (Å²) in [6.45, 7) is 5.31. The van der Waals surface area contributed by atoms with Crippen molar-refractivity contribution in [2.75, 3.05) is 38.6 Å². The number of hydrogen-bond acceptors (Lipinski definition) is 6. The Bertz CT molecular complexity index is 1050. The van der Waals surface area contributed by atoms with E-state index in [0.29, 0.717) is 5.92 Å². The van der Waals surface area contributed by atoms with Crippen LogP contribution in [0.15, 0.2) is 66.2 Å². The number of anilines is 1. The van der Waals surface area contributed by atoms with Gasteiger partial charge in [0.05, 0.1) is 5.69 Å². The van der Waals surface area contributed by atoms with Crippen molar-refractivity contribution in [2.24, 2.45) is 0 Å². The van der Waals surface area contributed by atoms with E-state index in [4.69, 9.17) is 4.98 Å². The van der Waals surface area contributed by atoms with Gasteiger partial charge < -0.3 is 4.90 Å². The van der Waals surface area contributed by atoms with Crippen molar-refractivity contribution in [3.63, 3.8) is 0 Å². The van der Waals surface area contributed by atoms with Crippen LogP contribution in [0.3, 0.4) is 0 Å². The van der Waals surface area contributed by atoms with Gasteiger partial charge in [0.1, 0.15) is 0 Å². The van der Waals surface area contributed by atoms with E-state index >= 15 is 0 Å². The summed E-state index contributed by atoms with van der Waals surface area (Å²) in [6.07, 6.45) is 12.6. The molecule has 1 fully saturated rings. The van der Waals surface area contributed by atoms with Crippen molar-refractivity contribution in [1.82, 2.24) is 19.9 Å².